The molecular weight excluding hydrogens is 304 g/mol. The van der Waals surface area contributed by atoms with Crippen LogP contribution in [0.1, 0.15) is 11.1 Å². The molecule has 3 rings (SSSR count). The van der Waals surface area contributed by atoms with E-state index in [0.717, 1.165) is 33.8 Å². The molecule has 5 heteroatoms. The van der Waals surface area contributed by atoms with Crippen LogP contribution < -0.4 is 4.74 Å². The molecule has 1 aliphatic heterocycles. The molecule has 0 bridgehead atoms. The van der Waals surface area contributed by atoms with Crippen molar-refractivity contribution in [2.75, 3.05) is 6.61 Å². The van der Waals surface area contributed by atoms with Crippen LogP contribution in [0, 0.1) is 0 Å². The number of aromatic nitrogens is 2. The van der Waals surface area contributed by atoms with Gasteiger partial charge in [-0.1, -0.05) is 11.6 Å². The largest absolute Gasteiger partial charge is 0.493 e. The lowest BCUT2D eigenvalue weighted by atomic mass is 10.1. The van der Waals surface area contributed by atoms with E-state index in [1.165, 1.54) is 5.56 Å². The van der Waals surface area contributed by atoms with Crippen LogP contribution in [0.5, 0.6) is 5.75 Å². The van der Waals surface area contributed by atoms with Gasteiger partial charge in [-0.05, 0) is 33.6 Å². The highest BCUT2D eigenvalue weighted by Gasteiger charge is 2.17. The smallest absolute Gasteiger partial charge is 0.127 e. The first kappa shape index (κ1) is 11.1. The second kappa shape index (κ2) is 4.35. The predicted molar refractivity (Wildman–Crippen MR) is 69.7 cm³/mol. The summed E-state index contributed by atoms with van der Waals surface area (Å²) in [5.74, 6) is 0.973. The standard InChI is InChI=1S/C12H10BrClN2O/c13-10-5-15-16(7-10)6-9-4-11(14)3-8-1-2-17-12(8)9/h3-5,7H,1-2,6H2. The molecule has 17 heavy (non-hydrogen) atoms. The molecule has 0 radical (unpaired) electrons. The fourth-order valence-corrected chi connectivity index (χ4v) is 2.65. The first-order valence-electron chi connectivity index (χ1n) is 5.34. The van der Waals surface area contributed by atoms with E-state index in [1.54, 1.807) is 6.20 Å². The van der Waals surface area contributed by atoms with Crippen molar-refractivity contribution >= 4 is 27.5 Å². The van der Waals surface area contributed by atoms with E-state index in [4.69, 9.17) is 16.3 Å². The van der Waals surface area contributed by atoms with Gasteiger partial charge in [0.05, 0.1) is 23.8 Å². The maximum atomic E-state index is 6.11. The summed E-state index contributed by atoms with van der Waals surface area (Å²) in [6.45, 7) is 1.42. The third-order valence-electron chi connectivity index (χ3n) is 2.76. The predicted octanol–water partition coefficient (Wildman–Crippen LogP) is 3.28. The summed E-state index contributed by atoms with van der Waals surface area (Å²) in [6, 6.07) is 3.92. The van der Waals surface area contributed by atoms with Gasteiger partial charge in [0.2, 0.25) is 0 Å². The Labute approximate surface area is 112 Å². The van der Waals surface area contributed by atoms with Gasteiger partial charge in [0, 0.05) is 23.2 Å². The Kier molecular flexibility index (Phi) is 2.84. The summed E-state index contributed by atoms with van der Waals surface area (Å²) in [7, 11) is 0. The number of hydrogen-bond acceptors (Lipinski definition) is 2. The van der Waals surface area contributed by atoms with Gasteiger partial charge in [-0.25, -0.2) is 0 Å². The van der Waals surface area contributed by atoms with Crippen LogP contribution in [0.3, 0.4) is 0 Å². The summed E-state index contributed by atoms with van der Waals surface area (Å²) in [4.78, 5) is 0. The Balaban J connectivity index is 1.98. The van der Waals surface area contributed by atoms with Crippen LogP contribution in [-0.2, 0) is 13.0 Å². The Hall–Kier alpha value is -1.00. The molecule has 1 aromatic carbocycles. The molecule has 0 aliphatic carbocycles. The van der Waals surface area contributed by atoms with Crippen LogP contribution in [0.2, 0.25) is 5.02 Å². The molecule has 0 atom stereocenters. The average molecular weight is 314 g/mol. The van der Waals surface area contributed by atoms with Gasteiger partial charge in [-0.2, -0.15) is 5.10 Å². The molecule has 0 unspecified atom stereocenters. The Morgan fingerprint density at radius 2 is 2.35 bits per heavy atom. The van der Waals surface area contributed by atoms with Gasteiger partial charge < -0.3 is 4.74 Å². The fourth-order valence-electron chi connectivity index (χ4n) is 2.06. The number of fused-ring (bicyclic) bond motifs is 1. The molecule has 88 valence electrons. The van der Waals surface area contributed by atoms with Crippen molar-refractivity contribution in [1.82, 2.24) is 9.78 Å². The zero-order valence-corrected chi connectivity index (χ0v) is 11.3. The lowest BCUT2D eigenvalue weighted by molar-refractivity contribution is 0.352. The Bertz CT molecular complexity index is 568. The van der Waals surface area contributed by atoms with Crippen molar-refractivity contribution < 1.29 is 4.74 Å². The average Bonchev–Trinajstić information content (AvgIpc) is 2.87. The molecule has 0 spiro atoms. The quantitative estimate of drug-likeness (QED) is 0.851. The van der Waals surface area contributed by atoms with Crippen molar-refractivity contribution in [2.45, 2.75) is 13.0 Å². The Morgan fingerprint density at radius 1 is 1.47 bits per heavy atom. The van der Waals surface area contributed by atoms with E-state index in [2.05, 4.69) is 21.0 Å². The maximum Gasteiger partial charge on any atom is 0.127 e. The van der Waals surface area contributed by atoms with Gasteiger partial charge in [0.1, 0.15) is 5.75 Å². The molecular formula is C12H10BrClN2O. The first-order chi connectivity index (χ1) is 8.22. The number of benzene rings is 1. The van der Waals surface area contributed by atoms with Gasteiger partial charge in [-0.15, -0.1) is 0 Å². The normalized spacial score (nSPS) is 13.5. The molecule has 0 saturated carbocycles. The van der Waals surface area contributed by atoms with Crippen molar-refractivity contribution in [3.05, 3.63) is 45.1 Å². The maximum absolute atomic E-state index is 6.11. The number of nitrogens with zero attached hydrogens (tertiary/aromatic N) is 2. The summed E-state index contributed by atoms with van der Waals surface area (Å²) in [6.07, 6.45) is 4.64. The van der Waals surface area contributed by atoms with E-state index in [-0.39, 0.29) is 0 Å². The van der Waals surface area contributed by atoms with Crippen LogP contribution in [-0.4, -0.2) is 16.4 Å². The zero-order valence-electron chi connectivity index (χ0n) is 8.99. The number of hydrogen-bond donors (Lipinski definition) is 0. The zero-order chi connectivity index (χ0) is 11.8. The monoisotopic (exact) mass is 312 g/mol. The topological polar surface area (TPSA) is 27.1 Å². The summed E-state index contributed by atoms with van der Waals surface area (Å²) < 4.78 is 8.48. The molecule has 0 amide bonds. The number of rotatable bonds is 2. The van der Waals surface area contributed by atoms with Crippen LogP contribution in [0.25, 0.3) is 0 Å². The molecule has 0 saturated heterocycles. The van der Waals surface area contributed by atoms with Crippen LogP contribution >= 0.6 is 27.5 Å². The van der Waals surface area contributed by atoms with Gasteiger partial charge in [0.15, 0.2) is 0 Å². The highest BCUT2D eigenvalue weighted by atomic mass is 79.9. The first-order valence-corrected chi connectivity index (χ1v) is 6.51. The molecule has 1 aliphatic rings. The van der Waals surface area contributed by atoms with Crippen molar-refractivity contribution in [3.8, 4) is 5.75 Å². The Morgan fingerprint density at radius 3 is 3.12 bits per heavy atom. The minimum Gasteiger partial charge on any atom is -0.493 e. The number of halogens is 2. The van der Waals surface area contributed by atoms with Gasteiger partial charge in [-0.3, -0.25) is 4.68 Å². The SMILES string of the molecule is Clc1cc2c(c(Cn3cc(Br)cn3)c1)OCC2. The van der Waals surface area contributed by atoms with Crippen molar-refractivity contribution in [3.63, 3.8) is 0 Å². The molecule has 2 aromatic rings. The third-order valence-corrected chi connectivity index (χ3v) is 3.39. The second-order valence-electron chi connectivity index (χ2n) is 4.01. The molecule has 0 fully saturated rings. The molecule has 1 aromatic heterocycles. The number of ether oxygens (including phenoxy) is 1. The van der Waals surface area contributed by atoms with Crippen molar-refractivity contribution in [1.29, 1.82) is 0 Å². The minimum absolute atomic E-state index is 0.675. The van der Waals surface area contributed by atoms with Gasteiger partial charge >= 0.3 is 0 Å². The van der Waals surface area contributed by atoms with Crippen LogP contribution in [0.15, 0.2) is 29.0 Å². The fraction of sp³-hybridized carbons (Fsp3) is 0.250. The minimum atomic E-state index is 0.675. The van der Waals surface area contributed by atoms with E-state index in [9.17, 15) is 0 Å². The van der Waals surface area contributed by atoms with E-state index < -0.39 is 0 Å². The van der Waals surface area contributed by atoms with E-state index in [0.29, 0.717) is 6.54 Å². The lowest BCUT2D eigenvalue weighted by Gasteiger charge is -2.09. The summed E-state index contributed by atoms with van der Waals surface area (Å²) >= 11 is 9.49. The molecule has 2 heterocycles. The van der Waals surface area contributed by atoms with E-state index >= 15 is 0 Å². The highest BCUT2D eigenvalue weighted by Crippen LogP contribution is 2.33. The summed E-state index contributed by atoms with van der Waals surface area (Å²) in [5.41, 5.74) is 2.28. The summed E-state index contributed by atoms with van der Waals surface area (Å²) in [5, 5.41) is 5.00. The van der Waals surface area contributed by atoms with E-state index in [1.807, 2.05) is 23.0 Å². The van der Waals surface area contributed by atoms with Crippen LogP contribution in [0.4, 0.5) is 0 Å². The highest BCUT2D eigenvalue weighted by molar-refractivity contribution is 9.10. The van der Waals surface area contributed by atoms with Gasteiger partial charge in [0.25, 0.3) is 0 Å². The lowest BCUT2D eigenvalue weighted by Crippen LogP contribution is -2.02. The third kappa shape index (κ3) is 2.19. The second-order valence-corrected chi connectivity index (χ2v) is 5.36. The molecule has 0 N–H and O–H groups in total. The molecule has 3 nitrogen and oxygen atoms in total. The van der Waals surface area contributed by atoms with Crippen molar-refractivity contribution in [2.24, 2.45) is 0 Å².